The second-order valence-electron chi connectivity index (χ2n) is 6.29. The van der Waals surface area contributed by atoms with Gasteiger partial charge in [-0.3, -0.25) is 0 Å². The predicted molar refractivity (Wildman–Crippen MR) is 80.0 cm³/mol. The number of hydrogen-bond donors (Lipinski definition) is 1. The molecule has 1 aromatic heterocycles. The van der Waals surface area contributed by atoms with E-state index in [0.29, 0.717) is 0 Å². The molecule has 4 nitrogen and oxygen atoms in total. The fourth-order valence-electron chi connectivity index (χ4n) is 3.94. The van der Waals surface area contributed by atoms with Crippen LogP contribution in [-0.4, -0.2) is 33.5 Å². The van der Waals surface area contributed by atoms with Gasteiger partial charge in [-0.2, -0.15) is 0 Å². The van der Waals surface area contributed by atoms with Crippen LogP contribution in [0.5, 0.6) is 0 Å². The first-order valence-corrected chi connectivity index (χ1v) is 7.61. The Balaban J connectivity index is 1.81. The lowest BCUT2D eigenvalue weighted by atomic mass is 9.76. The Morgan fingerprint density at radius 3 is 2.86 bits per heavy atom. The summed E-state index contributed by atoms with van der Waals surface area (Å²) in [5, 5.41) is 11.3. The average molecular weight is 284 g/mol. The first-order valence-electron chi connectivity index (χ1n) is 7.61. The maximum Gasteiger partial charge on any atom is 0.0957 e. The Labute approximate surface area is 124 Å². The summed E-state index contributed by atoms with van der Waals surface area (Å²) >= 11 is 0. The van der Waals surface area contributed by atoms with Crippen molar-refractivity contribution in [2.75, 3.05) is 13.2 Å². The average Bonchev–Trinajstić information content (AvgIpc) is 3.08. The quantitative estimate of drug-likeness (QED) is 0.922. The van der Waals surface area contributed by atoms with Crippen LogP contribution >= 0.6 is 0 Å². The van der Waals surface area contributed by atoms with Crippen LogP contribution in [-0.2, 0) is 4.74 Å². The molecular formula is C17H20N2O2. The zero-order valence-corrected chi connectivity index (χ0v) is 12.2. The molecule has 2 aromatic rings. The number of aromatic nitrogens is 2. The molecule has 21 heavy (non-hydrogen) atoms. The number of fused-ring (bicyclic) bond motifs is 3. The number of hydrogen-bond acceptors (Lipinski definition) is 3. The van der Waals surface area contributed by atoms with E-state index in [2.05, 4.69) is 21.7 Å². The van der Waals surface area contributed by atoms with Crippen LogP contribution in [0.1, 0.15) is 31.4 Å². The van der Waals surface area contributed by atoms with E-state index >= 15 is 0 Å². The predicted octanol–water partition coefficient (Wildman–Crippen LogP) is 2.63. The van der Waals surface area contributed by atoms with Gasteiger partial charge in [-0.1, -0.05) is 24.3 Å². The van der Waals surface area contributed by atoms with Crippen LogP contribution in [0.25, 0.3) is 11.3 Å². The Morgan fingerprint density at radius 1 is 1.29 bits per heavy atom. The molecule has 0 spiro atoms. The van der Waals surface area contributed by atoms with E-state index in [1.165, 1.54) is 11.1 Å². The summed E-state index contributed by atoms with van der Waals surface area (Å²) < 4.78 is 7.58. The normalized spacial score (nSPS) is 24.4. The first kappa shape index (κ1) is 13.0. The molecule has 0 saturated carbocycles. The molecule has 4 heteroatoms. The highest BCUT2D eigenvalue weighted by molar-refractivity contribution is 5.69. The van der Waals surface area contributed by atoms with Crippen molar-refractivity contribution in [3.8, 4) is 11.3 Å². The van der Waals surface area contributed by atoms with E-state index in [-0.39, 0.29) is 12.0 Å². The standard InChI is InChI=1S/C17H20N2O2/c1-17(20,12-6-8-21-9-7-12)16-14-5-3-2-4-13(14)15-10-18-11-19(15)16/h2-5,10-12,16,20H,6-9H2,1H3/t16-,17-/m0/s1. The maximum absolute atomic E-state index is 11.3. The lowest BCUT2D eigenvalue weighted by Crippen LogP contribution is -2.45. The van der Waals surface area contributed by atoms with Crippen molar-refractivity contribution in [2.24, 2.45) is 5.92 Å². The Morgan fingerprint density at radius 2 is 2.05 bits per heavy atom. The van der Waals surface area contributed by atoms with Crippen molar-refractivity contribution in [2.45, 2.75) is 31.4 Å². The van der Waals surface area contributed by atoms with Gasteiger partial charge in [-0.25, -0.2) is 4.98 Å². The molecule has 1 aromatic carbocycles. The van der Waals surface area contributed by atoms with Crippen LogP contribution in [0.3, 0.4) is 0 Å². The van der Waals surface area contributed by atoms with E-state index < -0.39 is 5.60 Å². The summed E-state index contributed by atoms with van der Waals surface area (Å²) in [4.78, 5) is 4.28. The van der Waals surface area contributed by atoms with Crippen LogP contribution in [0, 0.1) is 5.92 Å². The van der Waals surface area contributed by atoms with Crippen molar-refractivity contribution < 1.29 is 9.84 Å². The van der Waals surface area contributed by atoms with Gasteiger partial charge in [0.25, 0.3) is 0 Å². The van der Waals surface area contributed by atoms with E-state index in [9.17, 15) is 5.11 Å². The number of ether oxygens (including phenoxy) is 1. The topological polar surface area (TPSA) is 47.3 Å². The second-order valence-corrected chi connectivity index (χ2v) is 6.29. The number of imidazole rings is 1. The highest BCUT2D eigenvalue weighted by atomic mass is 16.5. The largest absolute Gasteiger partial charge is 0.387 e. The summed E-state index contributed by atoms with van der Waals surface area (Å²) in [5.74, 6) is 0.248. The lowest BCUT2D eigenvalue weighted by Gasteiger charge is -2.40. The monoisotopic (exact) mass is 284 g/mol. The van der Waals surface area contributed by atoms with Crippen LogP contribution in [0.4, 0.5) is 0 Å². The highest BCUT2D eigenvalue weighted by Crippen LogP contribution is 2.48. The van der Waals surface area contributed by atoms with Crippen molar-refractivity contribution in [1.82, 2.24) is 9.55 Å². The minimum absolute atomic E-state index is 0.0608. The van der Waals surface area contributed by atoms with Gasteiger partial charge in [0.05, 0.1) is 29.9 Å². The number of benzene rings is 1. The van der Waals surface area contributed by atoms with Crippen LogP contribution in [0.15, 0.2) is 36.8 Å². The van der Waals surface area contributed by atoms with Gasteiger partial charge in [-0.05, 0) is 31.2 Å². The molecule has 1 N–H and O–H groups in total. The summed E-state index contributed by atoms with van der Waals surface area (Å²) in [6.07, 6.45) is 5.55. The third-order valence-electron chi connectivity index (χ3n) is 5.08. The molecule has 0 aliphatic carbocycles. The number of nitrogens with zero attached hydrogens (tertiary/aromatic N) is 2. The first-order chi connectivity index (χ1) is 10.2. The van der Waals surface area contributed by atoms with Gasteiger partial charge >= 0.3 is 0 Å². The third kappa shape index (κ3) is 1.86. The summed E-state index contributed by atoms with van der Waals surface area (Å²) in [5.41, 5.74) is 2.69. The minimum Gasteiger partial charge on any atom is -0.387 e. The summed E-state index contributed by atoms with van der Waals surface area (Å²) in [7, 11) is 0. The maximum atomic E-state index is 11.3. The van der Waals surface area contributed by atoms with Crippen molar-refractivity contribution in [3.05, 3.63) is 42.4 Å². The number of aliphatic hydroxyl groups is 1. The van der Waals surface area contributed by atoms with Crippen LogP contribution < -0.4 is 0 Å². The molecule has 2 aliphatic rings. The van der Waals surface area contributed by atoms with E-state index in [1.54, 1.807) is 0 Å². The van der Waals surface area contributed by atoms with Crippen molar-refractivity contribution in [3.63, 3.8) is 0 Å². The molecule has 0 unspecified atom stereocenters. The van der Waals surface area contributed by atoms with E-state index in [1.807, 2.05) is 31.6 Å². The van der Waals surface area contributed by atoms with E-state index in [0.717, 1.165) is 31.7 Å². The minimum atomic E-state index is -0.800. The zero-order chi connectivity index (χ0) is 14.4. The molecule has 1 fully saturated rings. The molecular weight excluding hydrogens is 264 g/mol. The smallest absolute Gasteiger partial charge is 0.0957 e. The summed E-state index contributed by atoms with van der Waals surface area (Å²) in [6.45, 7) is 3.46. The molecule has 4 rings (SSSR count). The Bertz CT molecular complexity index is 656. The molecule has 2 aliphatic heterocycles. The van der Waals surface area contributed by atoms with Gasteiger partial charge in [0.1, 0.15) is 0 Å². The Kier molecular flexibility index (Phi) is 2.91. The zero-order valence-electron chi connectivity index (χ0n) is 12.2. The second kappa shape index (κ2) is 4.68. The SMILES string of the molecule is C[C@](O)(C1CCOCC1)[C@@H]1c2ccccc2-c2cncn21. The third-order valence-corrected chi connectivity index (χ3v) is 5.08. The van der Waals surface area contributed by atoms with Crippen LogP contribution in [0.2, 0.25) is 0 Å². The summed E-state index contributed by atoms with van der Waals surface area (Å²) in [6, 6.07) is 8.27. The fourth-order valence-corrected chi connectivity index (χ4v) is 3.94. The number of rotatable bonds is 2. The molecule has 0 amide bonds. The van der Waals surface area contributed by atoms with Crippen molar-refractivity contribution in [1.29, 1.82) is 0 Å². The molecule has 110 valence electrons. The Hall–Kier alpha value is -1.65. The van der Waals surface area contributed by atoms with Gasteiger partial charge in [0.2, 0.25) is 0 Å². The van der Waals surface area contributed by atoms with E-state index in [4.69, 9.17) is 4.74 Å². The highest BCUT2D eigenvalue weighted by Gasteiger charge is 2.46. The lowest BCUT2D eigenvalue weighted by molar-refractivity contribution is -0.0747. The molecule has 3 heterocycles. The van der Waals surface area contributed by atoms with Gasteiger partial charge in [0.15, 0.2) is 0 Å². The molecule has 0 radical (unpaired) electrons. The van der Waals surface area contributed by atoms with Gasteiger partial charge < -0.3 is 14.4 Å². The fraction of sp³-hybridized carbons (Fsp3) is 0.471. The molecule has 1 saturated heterocycles. The van der Waals surface area contributed by atoms with Crippen molar-refractivity contribution >= 4 is 0 Å². The van der Waals surface area contributed by atoms with Gasteiger partial charge in [-0.15, -0.1) is 0 Å². The van der Waals surface area contributed by atoms with Gasteiger partial charge in [0, 0.05) is 18.8 Å². The molecule has 2 atom stereocenters. The molecule has 0 bridgehead atoms.